The maximum atomic E-state index is 12.5. The SMILES string of the molecule is OC(Cc1cccc(C(F)(F)F)c1)C1CCN1. The van der Waals surface area contributed by atoms with E-state index in [9.17, 15) is 18.3 Å². The first-order chi connectivity index (χ1) is 7.97. The summed E-state index contributed by atoms with van der Waals surface area (Å²) in [6, 6.07) is 5.14. The molecule has 0 radical (unpaired) electrons. The molecule has 2 N–H and O–H groups in total. The monoisotopic (exact) mass is 245 g/mol. The minimum atomic E-state index is -4.32. The molecule has 0 amide bonds. The van der Waals surface area contributed by atoms with Crippen LogP contribution in [0.3, 0.4) is 0 Å². The van der Waals surface area contributed by atoms with Gasteiger partial charge in [-0.15, -0.1) is 0 Å². The molecular weight excluding hydrogens is 231 g/mol. The van der Waals surface area contributed by atoms with Crippen LogP contribution in [0.15, 0.2) is 24.3 Å². The Bertz CT molecular complexity index is 388. The van der Waals surface area contributed by atoms with Crippen molar-refractivity contribution in [3.63, 3.8) is 0 Å². The molecule has 2 nitrogen and oxygen atoms in total. The molecule has 1 aromatic carbocycles. The molecular formula is C12H14F3NO. The van der Waals surface area contributed by atoms with Crippen molar-refractivity contribution in [2.45, 2.75) is 31.2 Å². The van der Waals surface area contributed by atoms with E-state index < -0.39 is 17.8 Å². The summed E-state index contributed by atoms with van der Waals surface area (Å²) in [5.41, 5.74) is -0.148. The third kappa shape index (κ3) is 2.98. The van der Waals surface area contributed by atoms with Gasteiger partial charge in [-0.05, 0) is 31.0 Å². The van der Waals surface area contributed by atoms with Crippen molar-refractivity contribution in [3.8, 4) is 0 Å². The third-order valence-corrected chi connectivity index (χ3v) is 3.03. The van der Waals surface area contributed by atoms with Crippen LogP contribution in [0.5, 0.6) is 0 Å². The van der Waals surface area contributed by atoms with Gasteiger partial charge in [-0.25, -0.2) is 0 Å². The highest BCUT2D eigenvalue weighted by Crippen LogP contribution is 2.29. The lowest BCUT2D eigenvalue weighted by Crippen LogP contribution is -2.51. The number of aliphatic hydroxyl groups excluding tert-OH is 1. The van der Waals surface area contributed by atoms with Crippen molar-refractivity contribution < 1.29 is 18.3 Å². The Morgan fingerprint density at radius 1 is 1.41 bits per heavy atom. The van der Waals surface area contributed by atoms with Gasteiger partial charge >= 0.3 is 6.18 Å². The molecule has 1 aliphatic rings. The number of nitrogens with one attached hydrogen (secondary N) is 1. The molecule has 94 valence electrons. The molecule has 2 rings (SSSR count). The van der Waals surface area contributed by atoms with Crippen LogP contribution < -0.4 is 5.32 Å². The summed E-state index contributed by atoms with van der Waals surface area (Å²) in [6.07, 6.45) is -3.82. The third-order valence-electron chi connectivity index (χ3n) is 3.03. The molecule has 0 spiro atoms. The van der Waals surface area contributed by atoms with Crippen LogP contribution in [0.1, 0.15) is 17.5 Å². The van der Waals surface area contributed by atoms with E-state index in [2.05, 4.69) is 5.32 Å². The van der Waals surface area contributed by atoms with E-state index in [1.807, 2.05) is 0 Å². The van der Waals surface area contributed by atoms with E-state index >= 15 is 0 Å². The minimum Gasteiger partial charge on any atom is -0.391 e. The zero-order valence-electron chi connectivity index (χ0n) is 9.17. The van der Waals surface area contributed by atoms with Gasteiger partial charge in [-0.1, -0.05) is 18.2 Å². The van der Waals surface area contributed by atoms with Gasteiger partial charge in [-0.2, -0.15) is 13.2 Å². The summed E-state index contributed by atoms with van der Waals surface area (Å²) >= 11 is 0. The van der Waals surface area contributed by atoms with Gasteiger partial charge in [0.05, 0.1) is 11.7 Å². The molecule has 5 heteroatoms. The van der Waals surface area contributed by atoms with Gasteiger partial charge in [0.2, 0.25) is 0 Å². The van der Waals surface area contributed by atoms with Crippen molar-refractivity contribution in [3.05, 3.63) is 35.4 Å². The lowest BCUT2D eigenvalue weighted by atomic mass is 9.95. The van der Waals surface area contributed by atoms with E-state index in [1.54, 1.807) is 6.07 Å². The number of hydrogen-bond acceptors (Lipinski definition) is 2. The van der Waals surface area contributed by atoms with E-state index in [-0.39, 0.29) is 12.5 Å². The normalized spacial score (nSPS) is 22.0. The standard InChI is InChI=1S/C12H14F3NO/c13-12(14,15)9-3-1-2-8(6-9)7-11(17)10-4-5-16-10/h1-3,6,10-11,16-17H,4-5,7H2. The Morgan fingerprint density at radius 2 is 2.12 bits per heavy atom. The van der Waals surface area contributed by atoms with Gasteiger partial charge in [0.1, 0.15) is 0 Å². The van der Waals surface area contributed by atoms with Crippen LogP contribution in [0.2, 0.25) is 0 Å². The van der Waals surface area contributed by atoms with Crippen molar-refractivity contribution in [1.29, 1.82) is 0 Å². The Kier molecular flexibility index (Phi) is 3.40. The van der Waals surface area contributed by atoms with Crippen LogP contribution in [0, 0.1) is 0 Å². The lowest BCUT2D eigenvalue weighted by molar-refractivity contribution is -0.137. The van der Waals surface area contributed by atoms with Gasteiger partial charge in [-0.3, -0.25) is 0 Å². The largest absolute Gasteiger partial charge is 0.416 e. The zero-order valence-corrected chi connectivity index (χ0v) is 9.17. The molecule has 2 unspecified atom stereocenters. The van der Waals surface area contributed by atoms with Crippen LogP contribution in [0.25, 0.3) is 0 Å². The van der Waals surface area contributed by atoms with Gasteiger partial charge in [0.15, 0.2) is 0 Å². The fraction of sp³-hybridized carbons (Fsp3) is 0.500. The van der Waals surface area contributed by atoms with Crippen LogP contribution in [0.4, 0.5) is 13.2 Å². The summed E-state index contributed by atoms with van der Waals surface area (Å²) in [6.45, 7) is 0.865. The molecule has 2 atom stereocenters. The van der Waals surface area contributed by atoms with E-state index in [4.69, 9.17) is 0 Å². The molecule has 1 aliphatic heterocycles. The zero-order chi connectivity index (χ0) is 12.5. The number of hydrogen-bond donors (Lipinski definition) is 2. The second kappa shape index (κ2) is 4.66. The topological polar surface area (TPSA) is 32.3 Å². The Balaban J connectivity index is 2.05. The number of benzene rings is 1. The molecule has 0 bridgehead atoms. The predicted octanol–water partition coefficient (Wildman–Crippen LogP) is 1.97. The van der Waals surface area contributed by atoms with Gasteiger partial charge in [0.25, 0.3) is 0 Å². The van der Waals surface area contributed by atoms with Crippen molar-refractivity contribution >= 4 is 0 Å². The highest BCUT2D eigenvalue weighted by molar-refractivity contribution is 5.26. The number of alkyl halides is 3. The number of aliphatic hydroxyl groups is 1. The van der Waals surface area contributed by atoms with Crippen molar-refractivity contribution in [2.75, 3.05) is 6.54 Å². The molecule has 17 heavy (non-hydrogen) atoms. The van der Waals surface area contributed by atoms with Crippen LogP contribution in [-0.4, -0.2) is 23.8 Å². The average molecular weight is 245 g/mol. The molecule has 0 saturated carbocycles. The quantitative estimate of drug-likeness (QED) is 0.853. The molecule has 0 aliphatic carbocycles. The first-order valence-corrected chi connectivity index (χ1v) is 5.54. The summed E-state index contributed by atoms with van der Waals surface area (Å²) in [7, 11) is 0. The molecule has 0 aromatic heterocycles. The van der Waals surface area contributed by atoms with E-state index in [1.165, 1.54) is 6.07 Å². The van der Waals surface area contributed by atoms with Crippen LogP contribution >= 0.6 is 0 Å². The highest BCUT2D eigenvalue weighted by atomic mass is 19.4. The lowest BCUT2D eigenvalue weighted by Gasteiger charge is -2.32. The number of halogens is 3. The smallest absolute Gasteiger partial charge is 0.391 e. The predicted molar refractivity (Wildman–Crippen MR) is 57.6 cm³/mol. The van der Waals surface area contributed by atoms with Crippen molar-refractivity contribution in [2.24, 2.45) is 0 Å². The summed E-state index contributed by atoms with van der Waals surface area (Å²) in [5.74, 6) is 0. The first-order valence-electron chi connectivity index (χ1n) is 5.54. The van der Waals surface area contributed by atoms with E-state index in [0.29, 0.717) is 5.56 Å². The second-order valence-corrected chi connectivity index (χ2v) is 4.32. The maximum absolute atomic E-state index is 12.5. The second-order valence-electron chi connectivity index (χ2n) is 4.32. The van der Waals surface area contributed by atoms with Gasteiger partial charge in [0, 0.05) is 6.04 Å². The fourth-order valence-electron chi connectivity index (χ4n) is 1.90. The number of rotatable bonds is 3. The van der Waals surface area contributed by atoms with Crippen molar-refractivity contribution in [1.82, 2.24) is 5.32 Å². The summed E-state index contributed by atoms with van der Waals surface area (Å²) in [5, 5.41) is 12.8. The summed E-state index contributed by atoms with van der Waals surface area (Å²) in [4.78, 5) is 0. The average Bonchev–Trinajstić information content (AvgIpc) is 2.13. The molecule has 1 saturated heterocycles. The van der Waals surface area contributed by atoms with Gasteiger partial charge < -0.3 is 10.4 Å². The Labute approximate surface area is 97.5 Å². The maximum Gasteiger partial charge on any atom is 0.416 e. The highest BCUT2D eigenvalue weighted by Gasteiger charge is 2.31. The van der Waals surface area contributed by atoms with E-state index in [0.717, 1.165) is 25.1 Å². The molecule has 1 aromatic rings. The minimum absolute atomic E-state index is 0.0181. The Morgan fingerprint density at radius 3 is 2.65 bits per heavy atom. The Hall–Kier alpha value is -1.07. The van der Waals surface area contributed by atoms with Crippen LogP contribution in [-0.2, 0) is 12.6 Å². The molecule has 1 fully saturated rings. The summed E-state index contributed by atoms with van der Waals surface area (Å²) < 4.78 is 37.4. The first kappa shape index (κ1) is 12.4. The molecule has 1 heterocycles. The fourth-order valence-corrected chi connectivity index (χ4v) is 1.90.